The molecule has 0 radical (unpaired) electrons. The van der Waals surface area contributed by atoms with Gasteiger partial charge in [0.2, 0.25) is 5.65 Å². The molecule has 17 heavy (non-hydrogen) atoms. The number of benzene rings is 1. The van der Waals surface area contributed by atoms with Gasteiger partial charge in [-0.2, -0.15) is 9.61 Å². The lowest BCUT2D eigenvalue weighted by molar-refractivity contribution is 0.936. The Morgan fingerprint density at radius 3 is 3.06 bits per heavy atom. The van der Waals surface area contributed by atoms with Gasteiger partial charge >= 0.3 is 0 Å². The van der Waals surface area contributed by atoms with Crippen LogP contribution in [0.25, 0.3) is 27.5 Å². The summed E-state index contributed by atoms with van der Waals surface area (Å²) >= 11 is 6.21. The number of para-hydroxylation sites is 1. The number of halogens is 1. The highest BCUT2D eigenvalue weighted by Gasteiger charge is 2.13. The summed E-state index contributed by atoms with van der Waals surface area (Å²) in [6.07, 6.45) is 1.53. The number of nitrogens with zero attached hydrogens (tertiary/aromatic N) is 4. The first-order chi connectivity index (χ1) is 8.34. The van der Waals surface area contributed by atoms with Crippen molar-refractivity contribution in [1.29, 1.82) is 0 Å². The fourth-order valence-electron chi connectivity index (χ4n) is 2.14. The third kappa shape index (κ3) is 1.06. The minimum Gasteiger partial charge on any atom is -0.351 e. The van der Waals surface area contributed by atoms with Crippen molar-refractivity contribution in [3.63, 3.8) is 0 Å². The van der Waals surface area contributed by atoms with E-state index in [1.54, 1.807) is 4.52 Å². The van der Waals surface area contributed by atoms with Crippen LogP contribution in [0, 0.1) is 0 Å². The summed E-state index contributed by atoms with van der Waals surface area (Å²) in [6, 6.07) is 7.95. The molecule has 0 fully saturated rings. The number of aromatic amines is 1. The van der Waals surface area contributed by atoms with E-state index in [0.717, 1.165) is 21.8 Å². The zero-order valence-corrected chi connectivity index (χ0v) is 9.31. The van der Waals surface area contributed by atoms with Gasteiger partial charge in [-0.25, -0.2) is 0 Å². The van der Waals surface area contributed by atoms with E-state index >= 15 is 0 Å². The smallest absolute Gasteiger partial charge is 0.201 e. The molecule has 0 atom stereocenters. The number of fused-ring (bicyclic) bond motifs is 5. The summed E-state index contributed by atoms with van der Waals surface area (Å²) in [4.78, 5) is 3.30. The van der Waals surface area contributed by atoms with Gasteiger partial charge in [0, 0.05) is 10.9 Å². The Morgan fingerprint density at radius 2 is 2.12 bits per heavy atom. The zero-order chi connectivity index (χ0) is 11.4. The summed E-state index contributed by atoms with van der Waals surface area (Å²) in [7, 11) is 0. The Hall–Kier alpha value is -2.14. The van der Waals surface area contributed by atoms with Gasteiger partial charge in [0.25, 0.3) is 0 Å². The van der Waals surface area contributed by atoms with Gasteiger partial charge in [-0.1, -0.05) is 29.8 Å². The van der Waals surface area contributed by atoms with E-state index in [1.165, 1.54) is 6.33 Å². The van der Waals surface area contributed by atoms with Crippen LogP contribution in [0.3, 0.4) is 0 Å². The molecule has 0 saturated heterocycles. The van der Waals surface area contributed by atoms with Gasteiger partial charge in [0.1, 0.15) is 6.33 Å². The van der Waals surface area contributed by atoms with Crippen molar-refractivity contribution in [3.8, 4) is 0 Å². The van der Waals surface area contributed by atoms with Crippen LogP contribution in [0.2, 0.25) is 5.15 Å². The highest BCUT2D eigenvalue weighted by molar-refractivity contribution is 6.37. The zero-order valence-electron chi connectivity index (χ0n) is 8.55. The highest BCUT2D eigenvalue weighted by atomic mass is 35.5. The van der Waals surface area contributed by atoms with Crippen LogP contribution < -0.4 is 0 Å². The largest absolute Gasteiger partial charge is 0.351 e. The molecule has 0 amide bonds. The fourth-order valence-corrected chi connectivity index (χ4v) is 2.41. The predicted molar refractivity (Wildman–Crippen MR) is 65.2 cm³/mol. The third-order valence-corrected chi connectivity index (χ3v) is 3.13. The molecule has 6 heteroatoms. The molecule has 4 aromatic rings. The molecule has 0 bridgehead atoms. The number of H-pyrrole nitrogens is 1. The van der Waals surface area contributed by atoms with Crippen LogP contribution in [0.4, 0.5) is 0 Å². The van der Waals surface area contributed by atoms with E-state index in [4.69, 9.17) is 11.6 Å². The van der Waals surface area contributed by atoms with Gasteiger partial charge in [-0.05, 0) is 6.07 Å². The minimum atomic E-state index is 0.449. The minimum absolute atomic E-state index is 0.449. The molecule has 3 aromatic heterocycles. The molecule has 82 valence electrons. The van der Waals surface area contributed by atoms with E-state index < -0.39 is 0 Å². The van der Waals surface area contributed by atoms with E-state index in [9.17, 15) is 0 Å². The maximum absolute atomic E-state index is 6.21. The Balaban J connectivity index is 2.41. The van der Waals surface area contributed by atoms with E-state index in [2.05, 4.69) is 20.3 Å². The van der Waals surface area contributed by atoms with E-state index in [-0.39, 0.29) is 0 Å². The van der Waals surface area contributed by atoms with Crippen molar-refractivity contribution in [1.82, 2.24) is 24.8 Å². The summed E-state index contributed by atoms with van der Waals surface area (Å²) in [5.74, 6) is 0. The van der Waals surface area contributed by atoms with Crippen LogP contribution in [0.1, 0.15) is 0 Å². The molecular formula is C11H6ClN5. The van der Waals surface area contributed by atoms with Crippen LogP contribution in [-0.4, -0.2) is 24.8 Å². The van der Waals surface area contributed by atoms with Crippen molar-refractivity contribution < 1.29 is 0 Å². The molecule has 0 spiro atoms. The number of aromatic nitrogens is 5. The molecule has 0 aliphatic heterocycles. The second kappa shape index (κ2) is 2.95. The molecule has 5 nitrogen and oxygen atoms in total. The summed E-state index contributed by atoms with van der Waals surface area (Å²) in [6.45, 7) is 0. The van der Waals surface area contributed by atoms with Gasteiger partial charge in [-0.3, -0.25) is 0 Å². The quantitative estimate of drug-likeness (QED) is 0.516. The second-order valence-electron chi connectivity index (χ2n) is 3.81. The van der Waals surface area contributed by atoms with Crippen molar-refractivity contribution >= 4 is 39.1 Å². The Morgan fingerprint density at radius 1 is 1.24 bits per heavy atom. The summed E-state index contributed by atoms with van der Waals surface area (Å²) in [5.41, 5.74) is 2.56. The average molecular weight is 244 g/mol. The maximum atomic E-state index is 6.21. The molecule has 1 aromatic carbocycles. The Labute approximate surface area is 100 Å². The van der Waals surface area contributed by atoms with Gasteiger partial charge in [0.05, 0.1) is 10.9 Å². The average Bonchev–Trinajstić information content (AvgIpc) is 2.91. The van der Waals surface area contributed by atoms with Crippen LogP contribution in [0.15, 0.2) is 30.6 Å². The SMILES string of the molecule is Clc1nn2cnnc2c2[nH]c3ccccc3c12. The molecule has 0 aliphatic rings. The second-order valence-corrected chi connectivity index (χ2v) is 4.17. The van der Waals surface area contributed by atoms with Crippen LogP contribution in [0.5, 0.6) is 0 Å². The first kappa shape index (κ1) is 8.95. The number of nitrogens with one attached hydrogen (secondary N) is 1. The lowest BCUT2D eigenvalue weighted by Crippen LogP contribution is -1.91. The van der Waals surface area contributed by atoms with Crippen LogP contribution in [-0.2, 0) is 0 Å². The van der Waals surface area contributed by atoms with Crippen molar-refractivity contribution in [2.75, 3.05) is 0 Å². The Kier molecular flexibility index (Phi) is 1.55. The summed E-state index contributed by atoms with van der Waals surface area (Å²) in [5, 5.41) is 14.5. The number of hydrogen-bond donors (Lipinski definition) is 1. The van der Waals surface area contributed by atoms with Crippen LogP contribution >= 0.6 is 11.6 Å². The van der Waals surface area contributed by atoms with Gasteiger partial charge < -0.3 is 4.98 Å². The lowest BCUT2D eigenvalue weighted by atomic mass is 10.2. The molecule has 0 saturated carbocycles. The first-order valence-corrected chi connectivity index (χ1v) is 5.48. The topological polar surface area (TPSA) is 58.9 Å². The maximum Gasteiger partial charge on any atom is 0.201 e. The number of rotatable bonds is 0. The molecule has 0 unspecified atom stereocenters. The lowest BCUT2D eigenvalue weighted by Gasteiger charge is -1.96. The summed E-state index contributed by atoms with van der Waals surface area (Å²) < 4.78 is 1.57. The molecule has 3 heterocycles. The van der Waals surface area contributed by atoms with Crippen molar-refractivity contribution in [3.05, 3.63) is 35.7 Å². The van der Waals surface area contributed by atoms with Crippen molar-refractivity contribution in [2.45, 2.75) is 0 Å². The number of hydrogen-bond acceptors (Lipinski definition) is 3. The molecule has 1 N–H and O–H groups in total. The highest BCUT2D eigenvalue weighted by Crippen LogP contribution is 2.31. The van der Waals surface area contributed by atoms with E-state index in [1.807, 2.05) is 24.3 Å². The molecule has 0 aliphatic carbocycles. The molecular weight excluding hydrogens is 238 g/mol. The van der Waals surface area contributed by atoms with E-state index in [0.29, 0.717) is 10.8 Å². The van der Waals surface area contributed by atoms with Gasteiger partial charge in [-0.15, -0.1) is 10.2 Å². The Bertz CT molecular complexity index is 860. The standard InChI is InChI=1S/C11H6ClN5/c12-10-8-6-3-1-2-4-7(6)14-9(8)11-15-13-5-17(11)16-10/h1-5,14H. The predicted octanol–water partition coefficient (Wildman–Crippen LogP) is 2.41. The fraction of sp³-hybridized carbons (Fsp3) is 0. The van der Waals surface area contributed by atoms with Crippen molar-refractivity contribution in [2.24, 2.45) is 0 Å². The third-order valence-electron chi connectivity index (χ3n) is 2.86. The van der Waals surface area contributed by atoms with Gasteiger partial charge in [0.15, 0.2) is 5.15 Å². The normalized spacial score (nSPS) is 11.8. The first-order valence-electron chi connectivity index (χ1n) is 5.10. The molecule has 4 rings (SSSR count). The monoisotopic (exact) mass is 243 g/mol.